The Morgan fingerprint density at radius 1 is 1.20 bits per heavy atom. The Morgan fingerprint density at radius 3 is 2.20 bits per heavy atom. The molecule has 0 heterocycles. The maximum Gasteiger partial charge on any atom is 0.236 e. The number of unbranched alkanes of at least 4 members (excludes halogenated alkanes) is 3. The number of hydrogen-bond donors (Lipinski definition) is 3. The summed E-state index contributed by atoms with van der Waals surface area (Å²) in [5.41, 5.74) is 10.7. The molecular weight excluding hydrogens is 237 g/mol. The van der Waals surface area contributed by atoms with E-state index in [0.717, 1.165) is 38.8 Å². The number of carbonyl (C=O) groups is 1. The fourth-order valence-corrected chi connectivity index (χ4v) is 0.995. The Morgan fingerprint density at radius 2 is 1.73 bits per heavy atom. The van der Waals surface area contributed by atoms with E-state index in [0.29, 0.717) is 0 Å². The summed E-state index contributed by atoms with van der Waals surface area (Å²) in [5, 5.41) is 2.76. The zero-order valence-electron chi connectivity index (χ0n) is 9.20. The summed E-state index contributed by atoms with van der Waals surface area (Å²) in [7, 11) is 0. The number of carbonyl (C=O) groups excluding carboxylic acids is 1. The Kier molecular flexibility index (Phi) is 19.0. The van der Waals surface area contributed by atoms with E-state index in [9.17, 15) is 4.79 Å². The van der Waals surface area contributed by atoms with Gasteiger partial charge in [-0.2, -0.15) is 0 Å². The van der Waals surface area contributed by atoms with Crippen molar-refractivity contribution < 1.29 is 4.79 Å². The Hall–Kier alpha value is -0.0300. The van der Waals surface area contributed by atoms with Crippen molar-refractivity contribution in [1.82, 2.24) is 5.32 Å². The molecule has 1 amide bonds. The Bertz CT molecular complexity index is 145. The molecule has 0 radical (unpaired) electrons. The Balaban J connectivity index is -0.000000720. The van der Waals surface area contributed by atoms with Crippen LogP contribution in [0.5, 0.6) is 0 Å². The van der Waals surface area contributed by atoms with Crippen LogP contribution in [-0.4, -0.2) is 25.0 Å². The van der Waals surface area contributed by atoms with Gasteiger partial charge in [0, 0.05) is 6.54 Å². The van der Waals surface area contributed by atoms with Gasteiger partial charge in [-0.05, 0) is 26.3 Å². The van der Waals surface area contributed by atoms with Gasteiger partial charge >= 0.3 is 0 Å². The van der Waals surface area contributed by atoms with Gasteiger partial charge in [0.25, 0.3) is 0 Å². The molecule has 1 atom stereocenters. The van der Waals surface area contributed by atoms with Gasteiger partial charge in [0.05, 0.1) is 6.04 Å². The molecule has 0 spiro atoms. The molecule has 0 bridgehead atoms. The molecule has 0 aromatic rings. The highest BCUT2D eigenvalue weighted by molar-refractivity contribution is 5.85. The first kappa shape index (κ1) is 20.4. The summed E-state index contributed by atoms with van der Waals surface area (Å²) in [5.74, 6) is -0.0705. The normalized spacial score (nSPS) is 10.9. The van der Waals surface area contributed by atoms with Crippen LogP contribution in [0, 0.1) is 0 Å². The molecule has 94 valence electrons. The average Bonchev–Trinajstić information content (AvgIpc) is 2.10. The van der Waals surface area contributed by atoms with Gasteiger partial charge < -0.3 is 16.8 Å². The molecular formula is C9H23Cl2N3O. The van der Waals surface area contributed by atoms with Gasteiger partial charge in [0.2, 0.25) is 5.91 Å². The van der Waals surface area contributed by atoms with Crippen molar-refractivity contribution in [3.8, 4) is 0 Å². The molecule has 0 aliphatic heterocycles. The third-order valence-electron chi connectivity index (χ3n) is 1.84. The molecule has 5 N–H and O–H groups in total. The van der Waals surface area contributed by atoms with E-state index in [-0.39, 0.29) is 30.7 Å². The molecule has 0 saturated heterocycles. The minimum absolute atomic E-state index is 0. The van der Waals surface area contributed by atoms with E-state index in [4.69, 9.17) is 11.5 Å². The number of halogens is 2. The second-order valence-corrected chi connectivity index (χ2v) is 3.28. The standard InChI is InChI=1S/C9H21N3O.2ClH/c1-8(11)9(13)12-7-5-3-2-4-6-10;;/h8H,2-7,10-11H2,1H3,(H,12,13);2*1H/t8-;;/m1../s1. The van der Waals surface area contributed by atoms with Crippen LogP contribution in [0.1, 0.15) is 32.6 Å². The number of hydrogen-bond acceptors (Lipinski definition) is 3. The molecule has 0 aliphatic rings. The van der Waals surface area contributed by atoms with E-state index in [1.807, 2.05) is 0 Å². The van der Waals surface area contributed by atoms with Crippen LogP contribution in [-0.2, 0) is 4.79 Å². The number of nitrogens with one attached hydrogen (secondary N) is 1. The van der Waals surface area contributed by atoms with Crippen LogP contribution >= 0.6 is 24.8 Å². The third-order valence-corrected chi connectivity index (χ3v) is 1.84. The first-order valence-electron chi connectivity index (χ1n) is 4.92. The monoisotopic (exact) mass is 259 g/mol. The zero-order valence-corrected chi connectivity index (χ0v) is 10.8. The van der Waals surface area contributed by atoms with E-state index in [1.165, 1.54) is 0 Å². The van der Waals surface area contributed by atoms with E-state index >= 15 is 0 Å². The van der Waals surface area contributed by atoms with Gasteiger partial charge in [-0.25, -0.2) is 0 Å². The van der Waals surface area contributed by atoms with Crippen molar-refractivity contribution >= 4 is 30.7 Å². The summed E-state index contributed by atoms with van der Waals surface area (Å²) in [6, 6.07) is -0.399. The lowest BCUT2D eigenvalue weighted by Crippen LogP contribution is -2.38. The molecule has 15 heavy (non-hydrogen) atoms. The SMILES string of the molecule is C[C@@H](N)C(=O)NCCCCCCN.Cl.Cl. The molecule has 0 saturated carbocycles. The van der Waals surface area contributed by atoms with Crippen LogP contribution in [0.2, 0.25) is 0 Å². The minimum Gasteiger partial charge on any atom is -0.355 e. The van der Waals surface area contributed by atoms with Crippen LogP contribution in [0.25, 0.3) is 0 Å². The van der Waals surface area contributed by atoms with Gasteiger partial charge in [-0.3, -0.25) is 4.79 Å². The maximum absolute atomic E-state index is 11.0. The lowest BCUT2D eigenvalue weighted by Gasteiger charge is -2.06. The second-order valence-electron chi connectivity index (χ2n) is 3.28. The highest BCUT2D eigenvalue weighted by Crippen LogP contribution is 1.96. The molecule has 0 aromatic carbocycles. The van der Waals surface area contributed by atoms with Crippen molar-refractivity contribution in [3.63, 3.8) is 0 Å². The lowest BCUT2D eigenvalue weighted by atomic mass is 10.2. The predicted molar refractivity (Wildman–Crippen MR) is 68.7 cm³/mol. The van der Waals surface area contributed by atoms with Crippen molar-refractivity contribution in [3.05, 3.63) is 0 Å². The highest BCUT2D eigenvalue weighted by Gasteiger charge is 2.04. The molecule has 6 heteroatoms. The van der Waals surface area contributed by atoms with Gasteiger partial charge in [0.15, 0.2) is 0 Å². The second kappa shape index (κ2) is 14.0. The molecule has 0 rings (SSSR count). The van der Waals surface area contributed by atoms with E-state index in [1.54, 1.807) is 6.92 Å². The fraction of sp³-hybridized carbons (Fsp3) is 0.889. The number of rotatable bonds is 7. The zero-order chi connectivity index (χ0) is 10.1. The molecule has 0 aromatic heterocycles. The molecule has 0 aliphatic carbocycles. The average molecular weight is 260 g/mol. The number of nitrogens with two attached hydrogens (primary N) is 2. The summed E-state index contributed by atoms with van der Waals surface area (Å²) in [4.78, 5) is 11.0. The highest BCUT2D eigenvalue weighted by atomic mass is 35.5. The van der Waals surface area contributed by atoms with E-state index < -0.39 is 6.04 Å². The lowest BCUT2D eigenvalue weighted by molar-refractivity contribution is -0.121. The maximum atomic E-state index is 11.0. The van der Waals surface area contributed by atoms with Crippen molar-refractivity contribution in [2.75, 3.05) is 13.1 Å². The summed E-state index contributed by atoms with van der Waals surface area (Å²) in [6.07, 6.45) is 4.35. The summed E-state index contributed by atoms with van der Waals surface area (Å²) in [6.45, 7) is 3.17. The van der Waals surface area contributed by atoms with Crippen LogP contribution in [0.3, 0.4) is 0 Å². The van der Waals surface area contributed by atoms with Crippen LogP contribution in [0.4, 0.5) is 0 Å². The topological polar surface area (TPSA) is 81.1 Å². The molecule has 0 fully saturated rings. The van der Waals surface area contributed by atoms with Crippen molar-refractivity contribution in [1.29, 1.82) is 0 Å². The summed E-state index contributed by atoms with van der Waals surface area (Å²) >= 11 is 0. The van der Waals surface area contributed by atoms with Gasteiger partial charge in [0.1, 0.15) is 0 Å². The van der Waals surface area contributed by atoms with Crippen LogP contribution in [0.15, 0.2) is 0 Å². The largest absolute Gasteiger partial charge is 0.355 e. The van der Waals surface area contributed by atoms with Gasteiger partial charge in [-0.15, -0.1) is 24.8 Å². The molecule has 0 unspecified atom stereocenters. The van der Waals surface area contributed by atoms with Crippen molar-refractivity contribution in [2.45, 2.75) is 38.6 Å². The quantitative estimate of drug-likeness (QED) is 0.592. The Labute approximate surface area is 104 Å². The first-order valence-corrected chi connectivity index (χ1v) is 4.92. The molecule has 4 nitrogen and oxygen atoms in total. The summed E-state index contributed by atoms with van der Waals surface area (Å²) < 4.78 is 0. The first-order chi connectivity index (χ1) is 6.18. The fourth-order valence-electron chi connectivity index (χ4n) is 0.995. The predicted octanol–water partition coefficient (Wildman–Crippen LogP) is 0.812. The van der Waals surface area contributed by atoms with Gasteiger partial charge in [-0.1, -0.05) is 12.8 Å². The minimum atomic E-state index is -0.399. The number of amides is 1. The van der Waals surface area contributed by atoms with E-state index in [2.05, 4.69) is 5.32 Å². The van der Waals surface area contributed by atoms with Crippen molar-refractivity contribution in [2.24, 2.45) is 11.5 Å². The third kappa shape index (κ3) is 14.0. The smallest absolute Gasteiger partial charge is 0.236 e. The van der Waals surface area contributed by atoms with Crippen LogP contribution < -0.4 is 16.8 Å².